The standard InChI is InChI=1S/C18H17NO9/c1-8(20)19(6-9-2-15(23)11(17(25)26)4-13(9)21)7-10-3-16(24)12(18(27)28)5-14(10)22/h2-5,21-24H,6-7H2,1H3,(H,25,26)(H,27,28). The molecule has 0 fully saturated rings. The van der Waals surface area contributed by atoms with Crippen molar-refractivity contribution in [1.29, 1.82) is 0 Å². The van der Waals surface area contributed by atoms with Gasteiger partial charge in [0.2, 0.25) is 5.91 Å². The lowest BCUT2D eigenvalue weighted by Gasteiger charge is -2.23. The van der Waals surface area contributed by atoms with Crippen molar-refractivity contribution in [1.82, 2.24) is 4.90 Å². The van der Waals surface area contributed by atoms with Gasteiger partial charge in [0.1, 0.15) is 34.1 Å². The summed E-state index contributed by atoms with van der Waals surface area (Å²) in [5.74, 6) is -5.51. The van der Waals surface area contributed by atoms with Crippen molar-refractivity contribution in [3.63, 3.8) is 0 Å². The first-order chi connectivity index (χ1) is 13.0. The van der Waals surface area contributed by atoms with Gasteiger partial charge in [0.05, 0.1) is 0 Å². The Kier molecular flexibility index (Phi) is 5.63. The lowest BCUT2D eigenvalue weighted by atomic mass is 10.1. The summed E-state index contributed by atoms with van der Waals surface area (Å²) in [4.78, 5) is 35.0. The molecule has 0 aromatic heterocycles. The maximum absolute atomic E-state index is 11.9. The summed E-state index contributed by atoms with van der Waals surface area (Å²) in [5.41, 5.74) is -0.933. The van der Waals surface area contributed by atoms with E-state index in [0.717, 1.165) is 29.2 Å². The highest BCUT2D eigenvalue weighted by atomic mass is 16.4. The molecule has 0 aliphatic carbocycles. The molecule has 2 aromatic carbocycles. The van der Waals surface area contributed by atoms with Crippen molar-refractivity contribution in [2.24, 2.45) is 0 Å². The molecule has 10 nitrogen and oxygen atoms in total. The van der Waals surface area contributed by atoms with Crippen LogP contribution in [-0.4, -0.2) is 53.4 Å². The first-order valence-electron chi connectivity index (χ1n) is 7.83. The van der Waals surface area contributed by atoms with Crippen molar-refractivity contribution >= 4 is 17.8 Å². The Morgan fingerprint density at radius 3 is 1.36 bits per heavy atom. The Morgan fingerprint density at radius 2 is 1.07 bits per heavy atom. The van der Waals surface area contributed by atoms with E-state index in [0.29, 0.717) is 0 Å². The SMILES string of the molecule is CC(=O)N(Cc1cc(O)c(C(=O)O)cc1O)Cc1cc(O)c(C(=O)O)cc1O. The van der Waals surface area contributed by atoms with Crippen LogP contribution >= 0.6 is 0 Å². The summed E-state index contributed by atoms with van der Waals surface area (Å²) in [6.45, 7) is 0.691. The highest BCUT2D eigenvalue weighted by Crippen LogP contribution is 2.31. The molecule has 0 heterocycles. The molecule has 0 atom stereocenters. The van der Waals surface area contributed by atoms with Gasteiger partial charge in [0, 0.05) is 31.1 Å². The number of hydrogen-bond acceptors (Lipinski definition) is 7. The molecule has 10 heteroatoms. The zero-order valence-electron chi connectivity index (χ0n) is 14.6. The highest BCUT2D eigenvalue weighted by Gasteiger charge is 2.20. The minimum Gasteiger partial charge on any atom is -0.508 e. The van der Waals surface area contributed by atoms with Gasteiger partial charge in [-0.3, -0.25) is 4.79 Å². The van der Waals surface area contributed by atoms with Crippen molar-refractivity contribution in [2.45, 2.75) is 20.0 Å². The van der Waals surface area contributed by atoms with Crippen LogP contribution in [0.1, 0.15) is 38.8 Å². The Morgan fingerprint density at radius 1 is 0.714 bits per heavy atom. The summed E-state index contributed by atoms with van der Waals surface area (Å²) in [6.07, 6.45) is 0. The molecule has 0 radical (unpaired) electrons. The fourth-order valence-corrected chi connectivity index (χ4v) is 2.53. The number of carbonyl (C=O) groups excluding carboxylic acids is 1. The summed E-state index contributed by atoms with van der Waals surface area (Å²) >= 11 is 0. The first-order valence-corrected chi connectivity index (χ1v) is 7.83. The molecule has 28 heavy (non-hydrogen) atoms. The topological polar surface area (TPSA) is 176 Å². The van der Waals surface area contributed by atoms with Gasteiger partial charge >= 0.3 is 11.9 Å². The first kappa shape index (κ1) is 20.4. The lowest BCUT2D eigenvalue weighted by molar-refractivity contribution is -0.130. The summed E-state index contributed by atoms with van der Waals surface area (Å²) in [7, 11) is 0. The molecule has 2 aromatic rings. The van der Waals surface area contributed by atoms with E-state index in [1.54, 1.807) is 0 Å². The van der Waals surface area contributed by atoms with Gasteiger partial charge in [-0.25, -0.2) is 9.59 Å². The van der Waals surface area contributed by atoms with Crippen LogP contribution in [0.3, 0.4) is 0 Å². The summed E-state index contributed by atoms with van der Waals surface area (Å²) in [6, 6.07) is 3.69. The van der Waals surface area contributed by atoms with Crippen LogP contribution in [0.2, 0.25) is 0 Å². The van der Waals surface area contributed by atoms with Gasteiger partial charge in [0.25, 0.3) is 0 Å². The second-order valence-electron chi connectivity index (χ2n) is 5.98. The highest BCUT2D eigenvalue weighted by molar-refractivity contribution is 5.92. The maximum atomic E-state index is 11.9. The third-order valence-electron chi connectivity index (χ3n) is 4.02. The number of nitrogens with zero attached hydrogens (tertiary/aromatic N) is 1. The number of phenols is 4. The van der Waals surface area contributed by atoms with Gasteiger partial charge in [-0.2, -0.15) is 0 Å². The van der Waals surface area contributed by atoms with Crippen molar-refractivity contribution in [3.05, 3.63) is 46.5 Å². The number of aromatic hydroxyl groups is 4. The van der Waals surface area contributed by atoms with Crippen molar-refractivity contribution in [3.8, 4) is 23.0 Å². The number of hydrogen-bond donors (Lipinski definition) is 6. The smallest absolute Gasteiger partial charge is 0.339 e. The van der Waals surface area contributed by atoms with Gasteiger partial charge in [-0.05, 0) is 24.3 Å². The molecule has 0 unspecified atom stereocenters. The number of benzene rings is 2. The molecule has 0 bridgehead atoms. The third kappa shape index (κ3) is 4.23. The maximum Gasteiger partial charge on any atom is 0.339 e. The van der Waals surface area contributed by atoms with Crippen molar-refractivity contribution < 1.29 is 45.0 Å². The Hall–Kier alpha value is -3.95. The Bertz CT molecular complexity index is 897. The molecular formula is C18H17NO9. The monoisotopic (exact) mass is 391 g/mol. The van der Waals surface area contributed by atoms with Gasteiger partial charge in [-0.1, -0.05) is 0 Å². The molecule has 0 saturated heterocycles. The second kappa shape index (κ2) is 7.74. The van der Waals surface area contributed by atoms with E-state index < -0.39 is 52.0 Å². The van der Waals surface area contributed by atoms with E-state index >= 15 is 0 Å². The molecule has 0 spiro atoms. The van der Waals surface area contributed by atoms with E-state index in [1.807, 2.05) is 0 Å². The third-order valence-corrected chi connectivity index (χ3v) is 4.02. The number of phenolic OH excluding ortho intramolecular Hbond substituents is 2. The molecular weight excluding hydrogens is 374 g/mol. The zero-order valence-corrected chi connectivity index (χ0v) is 14.6. The number of aromatic carboxylic acids is 2. The van der Waals surface area contributed by atoms with Crippen LogP contribution in [0.5, 0.6) is 23.0 Å². The number of carboxylic acid groups (broad SMARTS) is 2. The average Bonchev–Trinajstić information content (AvgIpc) is 2.59. The van der Waals surface area contributed by atoms with Crippen LogP contribution in [0.25, 0.3) is 0 Å². The Balaban J connectivity index is 2.35. The minimum atomic E-state index is -1.44. The number of amides is 1. The van der Waals surface area contributed by atoms with E-state index in [1.165, 1.54) is 6.92 Å². The van der Waals surface area contributed by atoms with E-state index in [-0.39, 0.29) is 24.2 Å². The number of carboxylic acids is 2. The van der Waals surface area contributed by atoms with E-state index in [9.17, 15) is 34.8 Å². The number of rotatable bonds is 6. The molecule has 2 rings (SSSR count). The quantitative estimate of drug-likeness (QED) is 0.398. The predicted octanol–water partition coefficient (Wildman–Crippen LogP) is 1.45. The summed E-state index contributed by atoms with van der Waals surface area (Å²) in [5, 5.41) is 57.4. The molecule has 148 valence electrons. The minimum absolute atomic E-state index is 0.0450. The molecule has 1 amide bonds. The van der Waals surface area contributed by atoms with Crippen molar-refractivity contribution in [2.75, 3.05) is 0 Å². The largest absolute Gasteiger partial charge is 0.508 e. The van der Waals surface area contributed by atoms with E-state index in [2.05, 4.69) is 0 Å². The van der Waals surface area contributed by atoms with E-state index in [4.69, 9.17) is 10.2 Å². The van der Waals surface area contributed by atoms with Gasteiger partial charge in [0.15, 0.2) is 0 Å². The second-order valence-corrected chi connectivity index (χ2v) is 5.98. The predicted molar refractivity (Wildman–Crippen MR) is 93.4 cm³/mol. The van der Waals surface area contributed by atoms with Crippen LogP contribution in [0, 0.1) is 0 Å². The molecule has 0 aliphatic heterocycles. The normalized spacial score (nSPS) is 10.5. The van der Waals surface area contributed by atoms with Crippen LogP contribution in [0.15, 0.2) is 24.3 Å². The molecule has 0 aliphatic rings. The average molecular weight is 391 g/mol. The number of carbonyl (C=O) groups is 3. The Labute approximate surface area is 158 Å². The zero-order chi connectivity index (χ0) is 21.2. The molecule has 6 N–H and O–H groups in total. The fraction of sp³-hybridized carbons (Fsp3) is 0.167. The van der Waals surface area contributed by atoms with Gasteiger partial charge < -0.3 is 35.5 Å². The van der Waals surface area contributed by atoms with Crippen LogP contribution < -0.4 is 0 Å². The van der Waals surface area contributed by atoms with Crippen LogP contribution in [-0.2, 0) is 17.9 Å². The fourth-order valence-electron chi connectivity index (χ4n) is 2.53. The lowest BCUT2D eigenvalue weighted by Crippen LogP contribution is -2.27. The molecule has 0 saturated carbocycles. The van der Waals surface area contributed by atoms with Crippen LogP contribution in [0.4, 0.5) is 0 Å². The van der Waals surface area contributed by atoms with Gasteiger partial charge in [-0.15, -0.1) is 0 Å². The summed E-state index contributed by atoms with van der Waals surface area (Å²) < 4.78 is 0.